The molecule has 0 aliphatic rings. The molecule has 0 spiro atoms. The molecule has 0 aliphatic carbocycles. The monoisotopic (exact) mass is 281 g/mol. The van der Waals surface area contributed by atoms with Crippen molar-refractivity contribution >= 4 is 33.0 Å². The minimum Gasteiger partial charge on any atom is -0.328 e. The van der Waals surface area contributed by atoms with Crippen molar-refractivity contribution in [1.82, 2.24) is 0 Å². The lowest BCUT2D eigenvalue weighted by Gasteiger charge is -2.09. The van der Waals surface area contributed by atoms with Gasteiger partial charge < -0.3 is 5.73 Å². The van der Waals surface area contributed by atoms with E-state index < -0.39 is 9.84 Å². The van der Waals surface area contributed by atoms with E-state index in [1.807, 2.05) is 0 Å². The van der Waals surface area contributed by atoms with Crippen LogP contribution in [0.25, 0.3) is 0 Å². The number of hydrogen-bond donors (Lipinski definition) is 1. The van der Waals surface area contributed by atoms with Crippen molar-refractivity contribution in [3.05, 3.63) is 28.2 Å². The van der Waals surface area contributed by atoms with Crippen LogP contribution in [0.1, 0.15) is 13.3 Å². The molecule has 1 rings (SSSR count). The third-order valence-electron chi connectivity index (χ3n) is 2.07. The van der Waals surface area contributed by atoms with Crippen molar-refractivity contribution < 1.29 is 8.42 Å². The van der Waals surface area contributed by atoms with Gasteiger partial charge in [-0.05, 0) is 25.5 Å². The van der Waals surface area contributed by atoms with E-state index in [0.29, 0.717) is 6.42 Å². The highest BCUT2D eigenvalue weighted by molar-refractivity contribution is 7.91. The lowest BCUT2D eigenvalue weighted by atomic mass is 10.3. The van der Waals surface area contributed by atoms with Crippen LogP contribution in [0.2, 0.25) is 10.0 Å². The normalized spacial score (nSPS) is 13.8. The standard InChI is InChI=1S/C10H13Cl2NO2S/c1-7(13)5-6-16(14,15)10-8(11)3-2-4-9(10)12/h2-4,7H,5-6,13H2,1H3. The molecule has 0 saturated carbocycles. The van der Waals surface area contributed by atoms with Crippen molar-refractivity contribution in [3.63, 3.8) is 0 Å². The van der Waals surface area contributed by atoms with Gasteiger partial charge >= 0.3 is 0 Å². The minimum atomic E-state index is -3.46. The van der Waals surface area contributed by atoms with Gasteiger partial charge in [0.25, 0.3) is 0 Å². The van der Waals surface area contributed by atoms with Gasteiger partial charge in [0.2, 0.25) is 0 Å². The second-order valence-electron chi connectivity index (χ2n) is 3.64. The highest BCUT2D eigenvalue weighted by atomic mass is 35.5. The summed E-state index contributed by atoms with van der Waals surface area (Å²) in [6.45, 7) is 1.75. The number of sulfone groups is 1. The van der Waals surface area contributed by atoms with Crippen LogP contribution in [0, 0.1) is 0 Å². The molecule has 0 radical (unpaired) electrons. The van der Waals surface area contributed by atoms with Crippen molar-refractivity contribution in [2.24, 2.45) is 5.73 Å². The SMILES string of the molecule is CC(N)CCS(=O)(=O)c1c(Cl)cccc1Cl. The fraction of sp³-hybridized carbons (Fsp3) is 0.400. The van der Waals surface area contributed by atoms with Gasteiger partial charge in [-0.15, -0.1) is 0 Å². The molecule has 0 heterocycles. The number of benzene rings is 1. The average Bonchev–Trinajstić information content (AvgIpc) is 2.14. The zero-order valence-corrected chi connectivity index (χ0v) is 11.1. The first-order chi connectivity index (χ1) is 7.34. The van der Waals surface area contributed by atoms with Crippen LogP contribution in [0.4, 0.5) is 0 Å². The van der Waals surface area contributed by atoms with Crippen LogP contribution in [-0.2, 0) is 9.84 Å². The Bertz CT molecular complexity index is 451. The van der Waals surface area contributed by atoms with Gasteiger partial charge in [0.1, 0.15) is 4.90 Å². The maximum absolute atomic E-state index is 12.0. The van der Waals surface area contributed by atoms with Crippen LogP contribution in [0.3, 0.4) is 0 Å². The predicted octanol–water partition coefficient (Wildman–Crippen LogP) is 2.50. The zero-order valence-electron chi connectivity index (χ0n) is 8.78. The Morgan fingerprint density at radius 1 is 1.31 bits per heavy atom. The van der Waals surface area contributed by atoms with Gasteiger partial charge in [-0.1, -0.05) is 29.3 Å². The molecule has 0 bridgehead atoms. The molecule has 2 N–H and O–H groups in total. The summed E-state index contributed by atoms with van der Waals surface area (Å²) >= 11 is 11.7. The first kappa shape index (κ1) is 13.8. The van der Waals surface area contributed by atoms with E-state index in [1.165, 1.54) is 12.1 Å². The Hall–Kier alpha value is -0.290. The molecule has 1 unspecified atom stereocenters. The summed E-state index contributed by atoms with van der Waals surface area (Å²) in [7, 11) is -3.46. The minimum absolute atomic E-state index is 0.000941. The summed E-state index contributed by atoms with van der Waals surface area (Å²) in [5.41, 5.74) is 5.52. The van der Waals surface area contributed by atoms with Crippen molar-refractivity contribution in [2.75, 3.05) is 5.75 Å². The summed E-state index contributed by atoms with van der Waals surface area (Å²) < 4.78 is 23.9. The third kappa shape index (κ3) is 3.35. The van der Waals surface area contributed by atoms with E-state index >= 15 is 0 Å². The summed E-state index contributed by atoms with van der Waals surface area (Å²) in [4.78, 5) is -0.000941. The molecule has 16 heavy (non-hydrogen) atoms. The van der Waals surface area contributed by atoms with Crippen LogP contribution in [0.15, 0.2) is 23.1 Å². The van der Waals surface area contributed by atoms with Crippen molar-refractivity contribution in [2.45, 2.75) is 24.3 Å². The largest absolute Gasteiger partial charge is 0.328 e. The second-order valence-corrected chi connectivity index (χ2v) is 6.50. The highest BCUT2D eigenvalue weighted by Gasteiger charge is 2.21. The Morgan fingerprint density at radius 2 is 1.81 bits per heavy atom. The summed E-state index contributed by atoms with van der Waals surface area (Å²) in [5.74, 6) is -0.0475. The molecule has 6 heteroatoms. The first-order valence-electron chi connectivity index (χ1n) is 4.77. The molecule has 1 atom stereocenters. The fourth-order valence-electron chi connectivity index (χ4n) is 1.22. The first-order valence-corrected chi connectivity index (χ1v) is 7.18. The molecule has 0 amide bonds. The predicted molar refractivity (Wildman–Crippen MR) is 66.8 cm³/mol. The topological polar surface area (TPSA) is 60.2 Å². The molecular formula is C10H13Cl2NO2S. The number of hydrogen-bond acceptors (Lipinski definition) is 3. The molecule has 0 aliphatic heterocycles. The van der Waals surface area contributed by atoms with Crippen LogP contribution in [0.5, 0.6) is 0 Å². The quantitative estimate of drug-likeness (QED) is 0.923. The van der Waals surface area contributed by atoms with Crippen LogP contribution >= 0.6 is 23.2 Å². The fourth-order valence-corrected chi connectivity index (χ4v) is 3.94. The third-order valence-corrected chi connectivity index (χ3v) is 4.76. The zero-order chi connectivity index (χ0) is 12.3. The van der Waals surface area contributed by atoms with Gasteiger partial charge in [-0.2, -0.15) is 0 Å². The molecule has 0 aromatic heterocycles. The highest BCUT2D eigenvalue weighted by Crippen LogP contribution is 2.30. The van der Waals surface area contributed by atoms with Crippen molar-refractivity contribution in [1.29, 1.82) is 0 Å². The molecule has 1 aromatic carbocycles. The number of rotatable bonds is 4. The Morgan fingerprint density at radius 3 is 2.25 bits per heavy atom. The summed E-state index contributed by atoms with van der Waals surface area (Å²) in [5, 5.41) is 0.300. The van der Waals surface area contributed by atoms with Gasteiger partial charge in [-0.3, -0.25) is 0 Å². The average molecular weight is 282 g/mol. The maximum atomic E-state index is 12.0. The van der Waals surface area contributed by atoms with E-state index in [1.54, 1.807) is 13.0 Å². The molecule has 90 valence electrons. The van der Waals surface area contributed by atoms with E-state index in [4.69, 9.17) is 28.9 Å². The molecule has 0 saturated heterocycles. The number of halogens is 2. The van der Waals surface area contributed by atoms with Crippen LogP contribution < -0.4 is 5.73 Å². The number of nitrogens with two attached hydrogens (primary N) is 1. The molecule has 3 nitrogen and oxygen atoms in total. The van der Waals surface area contributed by atoms with Gasteiger partial charge in [0, 0.05) is 6.04 Å². The molecule has 1 aromatic rings. The van der Waals surface area contributed by atoms with E-state index in [-0.39, 0.29) is 26.7 Å². The Kier molecular flexibility index (Phi) is 4.62. The lowest BCUT2D eigenvalue weighted by Crippen LogP contribution is -2.20. The Labute approximate surface area is 105 Å². The van der Waals surface area contributed by atoms with E-state index in [0.717, 1.165) is 0 Å². The smallest absolute Gasteiger partial charge is 0.181 e. The second kappa shape index (κ2) is 5.36. The van der Waals surface area contributed by atoms with Crippen LogP contribution in [-0.4, -0.2) is 20.2 Å². The van der Waals surface area contributed by atoms with Crippen molar-refractivity contribution in [3.8, 4) is 0 Å². The van der Waals surface area contributed by atoms with Gasteiger partial charge in [0.05, 0.1) is 15.8 Å². The van der Waals surface area contributed by atoms with E-state index in [9.17, 15) is 8.42 Å². The Balaban J connectivity index is 3.08. The maximum Gasteiger partial charge on any atom is 0.181 e. The van der Waals surface area contributed by atoms with Gasteiger partial charge in [-0.25, -0.2) is 8.42 Å². The van der Waals surface area contributed by atoms with Gasteiger partial charge in [0.15, 0.2) is 9.84 Å². The lowest BCUT2D eigenvalue weighted by molar-refractivity contribution is 0.587. The summed E-state index contributed by atoms with van der Waals surface area (Å²) in [6, 6.07) is 4.45. The summed E-state index contributed by atoms with van der Waals surface area (Å²) in [6.07, 6.45) is 0.379. The molecular weight excluding hydrogens is 269 g/mol. The molecule has 0 fully saturated rings. The van der Waals surface area contributed by atoms with E-state index in [2.05, 4.69) is 0 Å².